The van der Waals surface area contributed by atoms with E-state index in [1.54, 1.807) is 0 Å². The standard InChI is InChI=1S/C18H32N2S/c1-6-18(4,5)16-8-7-15(12-19)17(11-16)20-9-10-21-14(3)13(20)2/h13-17H,6-11H2,1-5H3. The van der Waals surface area contributed by atoms with E-state index < -0.39 is 0 Å². The quantitative estimate of drug-likeness (QED) is 0.765. The summed E-state index contributed by atoms with van der Waals surface area (Å²) in [5.41, 5.74) is 0.415. The first-order valence-corrected chi connectivity index (χ1v) is 9.72. The van der Waals surface area contributed by atoms with Gasteiger partial charge in [0.25, 0.3) is 0 Å². The number of thioether (sulfide) groups is 1. The molecule has 0 aromatic rings. The molecule has 0 amide bonds. The highest BCUT2D eigenvalue weighted by atomic mass is 32.2. The van der Waals surface area contributed by atoms with Gasteiger partial charge < -0.3 is 0 Å². The first-order valence-electron chi connectivity index (χ1n) is 8.67. The molecule has 5 atom stereocenters. The molecule has 0 spiro atoms. The second kappa shape index (κ2) is 6.92. The molecule has 0 N–H and O–H groups in total. The molecule has 3 heteroatoms. The minimum atomic E-state index is 0.242. The fourth-order valence-electron chi connectivity index (χ4n) is 4.09. The van der Waals surface area contributed by atoms with Crippen LogP contribution >= 0.6 is 11.8 Å². The Bertz CT molecular complexity index is 387. The Hall–Kier alpha value is -0.200. The third-order valence-electron chi connectivity index (χ3n) is 6.36. The van der Waals surface area contributed by atoms with Crippen molar-refractivity contribution in [1.82, 2.24) is 4.90 Å². The summed E-state index contributed by atoms with van der Waals surface area (Å²) in [7, 11) is 0. The molecule has 2 rings (SSSR count). The van der Waals surface area contributed by atoms with Gasteiger partial charge in [-0.1, -0.05) is 34.1 Å². The summed E-state index contributed by atoms with van der Waals surface area (Å²) >= 11 is 2.09. The zero-order valence-corrected chi connectivity index (χ0v) is 15.2. The van der Waals surface area contributed by atoms with Crippen LogP contribution in [0.5, 0.6) is 0 Å². The van der Waals surface area contributed by atoms with E-state index in [0.717, 1.165) is 18.9 Å². The van der Waals surface area contributed by atoms with Gasteiger partial charge in [0.2, 0.25) is 0 Å². The van der Waals surface area contributed by atoms with Crippen molar-refractivity contribution in [3.63, 3.8) is 0 Å². The van der Waals surface area contributed by atoms with Crippen LogP contribution in [0.2, 0.25) is 0 Å². The van der Waals surface area contributed by atoms with E-state index in [1.165, 1.54) is 25.0 Å². The second-order valence-electron chi connectivity index (χ2n) is 7.71. The van der Waals surface area contributed by atoms with Crippen molar-refractivity contribution < 1.29 is 0 Å². The molecule has 2 aliphatic rings. The minimum absolute atomic E-state index is 0.242. The maximum Gasteiger partial charge on any atom is 0.0672 e. The van der Waals surface area contributed by atoms with Gasteiger partial charge >= 0.3 is 0 Å². The number of hydrogen-bond donors (Lipinski definition) is 0. The van der Waals surface area contributed by atoms with E-state index in [9.17, 15) is 5.26 Å². The largest absolute Gasteiger partial charge is 0.294 e. The molecule has 2 fully saturated rings. The highest BCUT2D eigenvalue weighted by Crippen LogP contribution is 2.44. The second-order valence-corrected chi connectivity index (χ2v) is 9.19. The molecule has 0 aromatic heterocycles. The van der Waals surface area contributed by atoms with Crippen molar-refractivity contribution in [1.29, 1.82) is 5.26 Å². The average Bonchev–Trinajstić information content (AvgIpc) is 2.49. The summed E-state index contributed by atoms with van der Waals surface area (Å²) in [5, 5.41) is 10.3. The number of nitrogens with zero attached hydrogens (tertiary/aromatic N) is 2. The average molecular weight is 309 g/mol. The van der Waals surface area contributed by atoms with Gasteiger partial charge in [-0.15, -0.1) is 0 Å². The fraction of sp³-hybridized carbons (Fsp3) is 0.944. The number of rotatable bonds is 3. The monoisotopic (exact) mass is 308 g/mol. The SMILES string of the molecule is CCC(C)(C)C1CCC(C#N)C(N2CCSC(C)C2C)C1. The summed E-state index contributed by atoms with van der Waals surface area (Å²) in [4.78, 5) is 2.67. The molecule has 1 saturated carbocycles. The molecular weight excluding hydrogens is 276 g/mol. The lowest BCUT2D eigenvalue weighted by Gasteiger charge is -2.49. The summed E-state index contributed by atoms with van der Waals surface area (Å²) < 4.78 is 0. The summed E-state index contributed by atoms with van der Waals surface area (Å²) in [5.74, 6) is 2.24. The molecule has 0 bridgehead atoms. The van der Waals surface area contributed by atoms with E-state index in [0.29, 0.717) is 22.7 Å². The smallest absolute Gasteiger partial charge is 0.0672 e. The van der Waals surface area contributed by atoms with Crippen molar-refractivity contribution in [2.24, 2.45) is 17.3 Å². The first-order chi connectivity index (χ1) is 9.90. The van der Waals surface area contributed by atoms with Crippen molar-refractivity contribution in [2.75, 3.05) is 12.3 Å². The van der Waals surface area contributed by atoms with E-state index in [1.807, 2.05) is 0 Å². The zero-order valence-electron chi connectivity index (χ0n) is 14.4. The Morgan fingerprint density at radius 2 is 2.00 bits per heavy atom. The fourth-order valence-corrected chi connectivity index (χ4v) is 5.21. The van der Waals surface area contributed by atoms with Crippen LogP contribution in [0.25, 0.3) is 0 Å². The molecule has 21 heavy (non-hydrogen) atoms. The predicted octanol–water partition coefficient (Wildman–Crippen LogP) is 4.56. The lowest BCUT2D eigenvalue weighted by molar-refractivity contribution is 0.0333. The van der Waals surface area contributed by atoms with E-state index in [2.05, 4.69) is 57.3 Å². The predicted molar refractivity (Wildman–Crippen MR) is 92.4 cm³/mol. The molecule has 1 heterocycles. The topological polar surface area (TPSA) is 27.0 Å². The molecule has 5 unspecified atom stereocenters. The summed E-state index contributed by atoms with van der Waals surface area (Å²) in [6.07, 6.45) is 4.80. The summed E-state index contributed by atoms with van der Waals surface area (Å²) in [6.45, 7) is 13.0. The van der Waals surface area contributed by atoms with Gasteiger partial charge in [-0.25, -0.2) is 0 Å². The molecule has 1 saturated heterocycles. The lowest BCUT2D eigenvalue weighted by atomic mass is 9.65. The van der Waals surface area contributed by atoms with Gasteiger partial charge in [-0.3, -0.25) is 4.90 Å². The Kier molecular flexibility index (Phi) is 5.65. The van der Waals surface area contributed by atoms with Crippen LogP contribution in [-0.2, 0) is 0 Å². The third-order valence-corrected chi connectivity index (χ3v) is 7.70. The van der Waals surface area contributed by atoms with Crippen LogP contribution in [0.1, 0.15) is 60.3 Å². The van der Waals surface area contributed by atoms with Gasteiger partial charge in [-0.05, 0) is 37.5 Å². The minimum Gasteiger partial charge on any atom is -0.294 e. The Morgan fingerprint density at radius 1 is 1.29 bits per heavy atom. The van der Waals surface area contributed by atoms with Crippen LogP contribution in [0.15, 0.2) is 0 Å². The van der Waals surface area contributed by atoms with Gasteiger partial charge in [0, 0.05) is 29.6 Å². The van der Waals surface area contributed by atoms with Crippen molar-refractivity contribution in [3.05, 3.63) is 0 Å². The van der Waals surface area contributed by atoms with Crippen molar-refractivity contribution >= 4 is 11.8 Å². The molecule has 0 aromatic carbocycles. The van der Waals surface area contributed by atoms with Crippen LogP contribution in [-0.4, -0.2) is 34.5 Å². The molecule has 2 nitrogen and oxygen atoms in total. The molecule has 1 aliphatic carbocycles. The first kappa shape index (κ1) is 17.2. The van der Waals surface area contributed by atoms with E-state index in [4.69, 9.17) is 0 Å². The summed E-state index contributed by atoms with van der Waals surface area (Å²) in [6, 6.07) is 3.72. The molecule has 120 valence electrons. The number of nitriles is 1. The van der Waals surface area contributed by atoms with Crippen LogP contribution in [0.3, 0.4) is 0 Å². The zero-order chi connectivity index (χ0) is 15.6. The Balaban J connectivity index is 2.15. The van der Waals surface area contributed by atoms with E-state index >= 15 is 0 Å². The van der Waals surface area contributed by atoms with Crippen molar-refractivity contribution in [3.8, 4) is 6.07 Å². The van der Waals surface area contributed by atoms with Crippen LogP contribution in [0.4, 0.5) is 0 Å². The number of hydrogen-bond acceptors (Lipinski definition) is 3. The Labute approximate surface area is 135 Å². The normalized spacial score (nSPS) is 39.0. The highest BCUT2D eigenvalue weighted by molar-refractivity contribution is 8.00. The molecule has 0 radical (unpaired) electrons. The van der Waals surface area contributed by atoms with E-state index in [-0.39, 0.29) is 5.92 Å². The van der Waals surface area contributed by atoms with Gasteiger partial charge in [0.1, 0.15) is 0 Å². The van der Waals surface area contributed by atoms with Gasteiger partial charge in [0.15, 0.2) is 0 Å². The highest BCUT2D eigenvalue weighted by Gasteiger charge is 2.42. The molecule has 1 aliphatic heterocycles. The lowest BCUT2D eigenvalue weighted by Crippen LogP contribution is -2.55. The maximum atomic E-state index is 9.61. The maximum absolute atomic E-state index is 9.61. The Morgan fingerprint density at radius 3 is 2.62 bits per heavy atom. The third kappa shape index (κ3) is 3.59. The van der Waals surface area contributed by atoms with Gasteiger partial charge in [0.05, 0.1) is 12.0 Å². The van der Waals surface area contributed by atoms with Crippen LogP contribution < -0.4 is 0 Å². The molecular formula is C18H32N2S. The van der Waals surface area contributed by atoms with Crippen LogP contribution in [0, 0.1) is 28.6 Å². The van der Waals surface area contributed by atoms with Gasteiger partial charge in [-0.2, -0.15) is 17.0 Å². The van der Waals surface area contributed by atoms with Crippen molar-refractivity contribution in [2.45, 2.75) is 77.6 Å².